The highest BCUT2D eigenvalue weighted by molar-refractivity contribution is 5.94. The van der Waals surface area contributed by atoms with E-state index in [0.717, 1.165) is 28.6 Å². The quantitative estimate of drug-likeness (QED) is 0.697. The highest BCUT2D eigenvalue weighted by Gasteiger charge is 2.16. The first kappa shape index (κ1) is 18.6. The molecule has 0 radical (unpaired) electrons. The lowest BCUT2D eigenvalue weighted by atomic mass is 10.1. The van der Waals surface area contributed by atoms with Gasteiger partial charge in [0.2, 0.25) is 11.8 Å². The van der Waals surface area contributed by atoms with Gasteiger partial charge in [-0.05, 0) is 30.2 Å². The average Bonchev–Trinajstić information content (AvgIpc) is 3.04. The molecule has 1 aromatic heterocycles. The Morgan fingerprint density at radius 2 is 1.93 bits per heavy atom. The largest absolute Gasteiger partial charge is 0.361 e. The summed E-state index contributed by atoms with van der Waals surface area (Å²) in [5, 5.41) is 3.43. The molecule has 0 saturated heterocycles. The fourth-order valence-electron chi connectivity index (χ4n) is 2.90. The van der Waals surface area contributed by atoms with E-state index in [9.17, 15) is 18.4 Å². The smallest absolute Gasteiger partial charge is 0.244 e. The van der Waals surface area contributed by atoms with Crippen LogP contribution in [0.1, 0.15) is 12.5 Å². The van der Waals surface area contributed by atoms with Crippen molar-refractivity contribution in [2.75, 3.05) is 18.4 Å². The number of amides is 2. The zero-order valence-corrected chi connectivity index (χ0v) is 14.8. The second-order valence-corrected chi connectivity index (χ2v) is 6.22. The monoisotopic (exact) mass is 371 g/mol. The number of halogens is 2. The van der Waals surface area contributed by atoms with E-state index < -0.39 is 17.5 Å². The summed E-state index contributed by atoms with van der Waals surface area (Å²) in [6.45, 7) is 1.51. The number of carbonyl (C=O) groups is 2. The summed E-state index contributed by atoms with van der Waals surface area (Å²) in [6.07, 6.45) is 2.46. The summed E-state index contributed by atoms with van der Waals surface area (Å²) < 4.78 is 26.6. The molecule has 5 nitrogen and oxygen atoms in total. The number of rotatable bonds is 6. The molecule has 2 aromatic carbocycles. The highest BCUT2D eigenvalue weighted by atomic mass is 19.1. The molecule has 7 heteroatoms. The normalized spacial score (nSPS) is 10.8. The molecule has 0 unspecified atom stereocenters. The Balaban J connectivity index is 1.63. The van der Waals surface area contributed by atoms with Crippen LogP contribution in [0, 0.1) is 11.6 Å². The van der Waals surface area contributed by atoms with Crippen LogP contribution >= 0.6 is 0 Å². The lowest BCUT2D eigenvalue weighted by molar-refractivity contribution is -0.132. The number of aromatic nitrogens is 1. The molecule has 0 atom stereocenters. The van der Waals surface area contributed by atoms with Gasteiger partial charge in [-0.15, -0.1) is 0 Å². The fraction of sp³-hybridized carbons (Fsp3) is 0.200. The lowest BCUT2D eigenvalue weighted by Gasteiger charge is -2.20. The van der Waals surface area contributed by atoms with E-state index in [4.69, 9.17) is 0 Å². The van der Waals surface area contributed by atoms with Crippen molar-refractivity contribution in [1.82, 2.24) is 9.88 Å². The van der Waals surface area contributed by atoms with Gasteiger partial charge in [-0.2, -0.15) is 0 Å². The molecule has 27 heavy (non-hydrogen) atoms. The number of hydrogen-bond acceptors (Lipinski definition) is 2. The Kier molecular flexibility index (Phi) is 5.49. The van der Waals surface area contributed by atoms with Gasteiger partial charge in [0.1, 0.15) is 11.6 Å². The van der Waals surface area contributed by atoms with Gasteiger partial charge in [-0.1, -0.05) is 18.2 Å². The predicted octanol–water partition coefficient (Wildman–Crippen LogP) is 3.48. The summed E-state index contributed by atoms with van der Waals surface area (Å²) in [6, 6.07) is 10.7. The SMILES string of the molecule is CC(=O)N(CCc1c[nH]c2ccccc12)CC(=O)Nc1ccc(F)cc1F. The van der Waals surface area contributed by atoms with Gasteiger partial charge in [0.05, 0.1) is 12.2 Å². The Morgan fingerprint density at radius 3 is 2.67 bits per heavy atom. The number of fused-ring (bicyclic) bond motifs is 1. The third kappa shape index (κ3) is 4.49. The lowest BCUT2D eigenvalue weighted by Crippen LogP contribution is -2.38. The van der Waals surface area contributed by atoms with Crippen molar-refractivity contribution < 1.29 is 18.4 Å². The number of carbonyl (C=O) groups excluding carboxylic acids is 2. The molecule has 140 valence electrons. The molecular formula is C20H19F2N3O2. The van der Waals surface area contributed by atoms with Gasteiger partial charge in [0.15, 0.2) is 0 Å². The summed E-state index contributed by atoms with van der Waals surface area (Å²) in [5.41, 5.74) is 1.93. The van der Waals surface area contributed by atoms with Crippen LogP contribution in [0.4, 0.5) is 14.5 Å². The molecule has 0 saturated carbocycles. The Morgan fingerprint density at radius 1 is 1.15 bits per heavy atom. The van der Waals surface area contributed by atoms with Gasteiger partial charge < -0.3 is 15.2 Å². The third-order valence-corrected chi connectivity index (χ3v) is 4.31. The maximum absolute atomic E-state index is 13.7. The molecule has 0 bridgehead atoms. The van der Waals surface area contributed by atoms with Gasteiger partial charge in [0, 0.05) is 36.6 Å². The van der Waals surface area contributed by atoms with Crippen molar-refractivity contribution >= 4 is 28.4 Å². The predicted molar refractivity (Wildman–Crippen MR) is 99.2 cm³/mol. The average molecular weight is 371 g/mol. The summed E-state index contributed by atoms with van der Waals surface area (Å²) >= 11 is 0. The van der Waals surface area contributed by atoms with Gasteiger partial charge >= 0.3 is 0 Å². The first-order chi connectivity index (χ1) is 12.9. The summed E-state index contributed by atoms with van der Waals surface area (Å²) in [5.74, 6) is -2.40. The van der Waals surface area contributed by atoms with E-state index in [1.54, 1.807) is 0 Å². The number of para-hydroxylation sites is 1. The zero-order valence-electron chi connectivity index (χ0n) is 14.8. The molecule has 2 amide bonds. The van der Waals surface area contributed by atoms with E-state index >= 15 is 0 Å². The van der Waals surface area contributed by atoms with E-state index in [1.807, 2.05) is 30.5 Å². The Bertz CT molecular complexity index is 984. The maximum atomic E-state index is 13.7. The molecule has 0 aliphatic rings. The summed E-state index contributed by atoms with van der Waals surface area (Å²) in [4.78, 5) is 28.6. The van der Waals surface area contributed by atoms with Crippen molar-refractivity contribution in [2.45, 2.75) is 13.3 Å². The van der Waals surface area contributed by atoms with E-state index in [1.165, 1.54) is 11.8 Å². The fourth-order valence-corrected chi connectivity index (χ4v) is 2.90. The molecule has 0 aliphatic carbocycles. The Labute approximate surface area is 155 Å². The van der Waals surface area contributed by atoms with Crippen LogP contribution in [0.2, 0.25) is 0 Å². The Hall–Kier alpha value is -3.22. The molecule has 0 fully saturated rings. The van der Waals surface area contributed by atoms with Crippen molar-refractivity contribution in [3.05, 3.63) is 65.9 Å². The number of anilines is 1. The first-order valence-corrected chi connectivity index (χ1v) is 8.49. The van der Waals surface area contributed by atoms with Crippen LogP contribution in [0.5, 0.6) is 0 Å². The van der Waals surface area contributed by atoms with Crippen molar-refractivity contribution in [3.8, 4) is 0 Å². The number of aromatic amines is 1. The van der Waals surface area contributed by atoms with Crippen molar-refractivity contribution in [1.29, 1.82) is 0 Å². The minimum atomic E-state index is -0.864. The highest BCUT2D eigenvalue weighted by Crippen LogP contribution is 2.18. The van der Waals surface area contributed by atoms with Crippen LogP contribution in [0.15, 0.2) is 48.7 Å². The maximum Gasteiger partial charge on any atom is 0.244 e. The van der Waals surface area contributed by atoms with Gasteiger partial charge in [0.25, 0.3) is 0 Å². The number of nitrogens with zero attached hydrogens (tertiary/aromatic N) is 1. The molecule has 0 aliphatic heterocycles. The second kappa shape index (κ2) is 7.99. The van der Waals surface area contributed by atoms with Crippen LogP contribution in [-0.2, 0) is 16.0 Å². The minimum absolute atomic E-state index is 0.124. The molecular weight excluding hydrogens is 352 g/mol. The second-order valence-electron chi connectivity index (χ2n) is 6.22. The van der Waals surface area contributed by atoms with E-state index in [0.29, 0.717) is 19.0 Å². The topological polar surface area (TPSA) is 65.2 Å². The molecule has 1 heterocycles. The van der Waals surface area contributed by atoms with Gasteiger partial charge in [-0.25, -0.2) is 8.78 Å². The zero-order chi connectivity index (χ0) is 19.4. The number of hydrogen-bond donors (Lipinski definition) is 2. The van der Waals surface area contributed by atoms with E-state index in [2.05, 4.69) is 10.3 Å². The van der Waals surface area contributed by atoms with Crippen LogP contribution < -0.4 is 5.32 Å². The minimum Gasteiger partial charge on any atom is -0.361 e. The molecule has 3 rings (SSSR count). The molecule has 0 spiro atoms. The third-order valence-electron chi connectivity index (χ3n) is 4.31. The van der Waals surface area contributed by atoms with Crippen LogP contribution in [0.3, 0.4) is 0 Å². The number of benzene rings is 2. The van der Waals surface area contributed by atoms with Crippen LogP contribution in [0.25, 0.3) is 10.9 Å². The van der Waals surface area contributed by atoms with Crippen molar-refractivity contribution in [2.24, 2.45) is 0 Å². The first-order valence-electron chi connectivity index (χ1n) is 8.49. The van der Waals surface area contributed by atoms with Gasteiger partial charge in [-0.3, -0.25) is 9.59 Å². The van der Waals surface area contributed by atoms with Crippen LogP contribution in [-0.4, -0.2) is 34.8 Å². The standard InChI is InChI=1S/C20H19F2N3O2/c1-13(26)25(9-8-14-11-23-18-5-3-2-4-16(14)18)12-20(27)24-19-7-6-15(21)10-17(19)22/h2-7,10-11,23H,8-9,12H2,1H3,(H,24,27). The van der Waals surface area contributed by atoms with Crippen molar-refractivity contribution in [3.63, 3.8) is 0 Å². The molecule has 2 N–H and O–H groups in total. The van der Waals surface area contributed by atoms with E-state index in [-0.39, 0.29) is 18.1 Å². The summed E-state index contributed by atoms with van der Waals surface area (Å²) in [7, 11) is 0. The number of H-pyrrole nitrogens is 1. The molecule has 3 aromatic rings. The number of nitrogens with one attached hydrogen (secondary N) is 2.